The van der Waals surface area contributed by atoms with Gasteiger partial charge in [0.15, 0.2) is 4.80 Å². The number of thiazole rings is 1. The van der Waals surface area contributed by atoms with Gasteiger partial charge in [-0.2, -0.15) is 4.99 Å². The van der Waals surface area contributed by atoms with Crippen LogP contribution >= 0.6 is 11.3 Å². The normalized spacial score (nSPS) is 11.6. The van der Waals surface area contributed by atoms with Crippen molar-refractivity contribution < 1.29 is 9.34 Å². The van der Waals surface area contributed by atoms with Gasteiger partial charge in [0.1, 0.15) is 0 Å². The number of non-ortho nitro benzene ring substituents is 1. The highest BCUT2D eigenvalue weighted by Crippen LogP contribution is 2.25. The van der Waals surface area contributed by atoms with Crippen molar-refractivity contribution >= 4 is 22.9 Å². The summed E-state index contributed by atoms with van der Waals surface area (Å²) in [6, 6.07) is 10.1. The van der Waals surface area contributed by atoms with Crippen molar-refractivity contribution in [2.75, 3.05) is 0 Å². The molecule has 0 radical (unpaired) electrons. The second-order valence-corrected chi connectivity index (χ2v) is 5.51. The number of nitro groups is 1. The van der Waals surface area contributed by atoms with E-state index in [9.17, 15) is 10.1 Å². The van der Waals surface area contributed by atoms with E-state index in [2.05, 4.69) is 11.6 Å². The molecular weight excluding hydrogens is 314 g/mol. The van der Waals surface area contributed by atoms with E-state index in [1.165, 1.54) is 17.4 Å². The molecule has 0 aliphatic rings. The number of rotatable bonds is 5. The maximum absolute atomic E-state index is 11.0. The molecule has 0 spiro atoms. The maximum atomic E-state index is 11.0. The van der Waals surface area contributed by atoms with Crippen molar-refractivity contribution in [2.24, 2.45) is 4.99 Å². The van der Waals surface area contributed by atoms with E-state index in [0.717, 1.165) is 16.1 Å². The molecule has 2 aromatic heterocycles. The highest BCUT2D eigenvalue weighted by Gasteiger charge is 2.11. The van der Waals surface area contributed by atoms with Gasteiger partial charge in [0, 0.05) is 35.7 Å². The topological polar surface area (TPSA) is 73.6 Å². The first kappa shape index (κ1) is 15.0. The van der Waals surface area contributed by atoms with Crippen molar-refractivity contribution in [3.05, 3.63) is 75.6 Å². The van der Waals surface area contributed by atoms with Crippen molar-refractivity contribution in [1.82, 2.24) is 4.57 Å². The van der Waals surface area contributed by atoms with Gasteiger partial charge in [0.2, 0.25) is 5.88 Å². The quantitative estimate of drug-likeness (QED) is 0.401. The molecule has 7 heteroatoms. The smallest absolute Gasteiger partial charge is 0.270 e. The summed E-state index contributed by atoms with van der Waals surface area (Å²) in [6.07, 6.45) is 3.32. The largest absolute Gasteiger partial charge is 0.447 e. The molecule has 0 bridgehead atoms. The minimum atomic E-state index is -0.401. The van der Waals surface area contributed by atoms with Crippen LogP contribution in [0.2, 0.25) is 0 Å². The molecule has 0 saturated carbocycles. The fraction of sp³-hybridized carbons (Fsp3) is 0.0625. The number of aromatic nitrogens is 1. The molecule has 0 fully saturated rings. The standard InChI is InChI=1S/C16H13N3O3S/c1-2-8-18-14(12-5-3-6-13(10-12)19(20)21)11-23-16(18)17-15-7-4-9-22-15/h2-7,9-11H,1,8H2/b17-16-. The van der Waals surface area contributed by atoms with Crippen molar-refractivity contribution in [3.63, 3.8) is 0 Å². The Balaban J connectivity index is 2.13. The van der Waals surface area contributed by atoms with Crippen LogP contribution in [0.15, 0.2) is 70.1 Å². The highest BCUT2D eigenvalue weighted by atomic mass is 32.1. The second-order valence-electron chi connectivity index (χ2n) is 4.67. The molecule has 23 heavy (non-hydrogen) atoms. The van der Waals surface area contributed by atoms with Gasteiger partial charge in [-0.1, -0.05) is 18.2 Å². The monoisotopic (exact) mass is 327 g/mol. The Morgan fingerprint density at radius 2 is 2.26 bits per heavy atom. The zero-order valence-corrected chi connectivity index (χ0v) is 12.9. The fourth-order valence-electron chi connectivity index (χ4n) is 2.16. The predicted molar refractivity (Wildman–Crippen MR) is 88.5 cm³/mol. The average Bonchev–Trinajstić information content (AvgIpc) is 3.19. The Morgan fingerprint density at radius 1 is 1.39 bits per heavy atom. The van der Waals surface area contributed by atoms with Crippen molar-refractivity contribution in [2.45, 2.75) is 6.54 Å². The summed E-state index contributed by atoms with van der Waals surface area (Å²) in [5.41, 5.74) is 1.67. The Morgan fingerprint density at radius 3 is 2.96 bits per heavy atom. The first-order valence-corrected chi connectivity index (χ1v) is 7.69. The lowest BCUT2D eigenvalue weighted by atomic mass is 10.1. The van der Waals surface area contributed by atoms with Crippen LogP contribution in [0.25, 0.3) is 11.3 Å². The summed E-state index contributed by atoms with van der Waals surface area (Å²) < 4.78 is 7.19. The van der Waals surface area contributed by atoms with Crippen molar-refractivity contribution in [1.29, 1.82) is 0 Å². The molecule has 2 heterocycles. The predicted octanol–water partition coefficient (Wildman–Crippen LogP) is 4.14. The Kier molecular flexibility index (Phi) is 4.20. The molecule has 0 N–H and O–H groups in total. The second kappa shape index (κ2) is 6.45. The lowest BCUT2D eigenvalue weighted by Crippen LogP contribution is -2.14. The molecule has 0 aliphatic carbocycles. The molecule has 0 amide bonds. The van der Waals surface area contributed by atoms with Crippen LogP contribution in [0, 0.1) is 10.1 Å². The summed E-state index contributed by atoms with van der Waals surface area (Å²) in [6.45, 7) is 4.31. The van der Waals surface area contributed by atoms with Crippen molar-refractivity contribution in [3.8, 4) is 11.3 Å². The van der Waals surface area contributed by atoms with E-state index < -0.39 is 4.92 Å². The molecule has 3 rings (SSSR count). The van der Waals surface area contributed by atoms with E-state index in [0.29, 0.717) is 12.4 Å². The highest BCUT2D eigenvalue weighted by molar-refractivity contribution is 7.07. The SMILES string of the molecule is C=CCn1c(-c2cccc([N+](=O)[O-])c2)cs/c1=N\c1ccco1. The van der Waals surface area contributed by atoms with Crippen LogP contribution in [0.1, 0.15) is 0 Å². The summed E-state index contributed by atoms with van der Waals surface area (Å²) in [4.78, 5) is 15.8. The maximum Gasteiger partial charge on any atom is 0.270 e. The molecule has 3 aromatic rings. The minimum Gasteiger partial charge on any atom is -0.447 e. The van der Waals surface area contributed by atoms with Crippen LogP contribution < -0.4 is 4.80 Å². The first-order chi connectivity index (χ1) is 11.2. The summed E-state index contributed by atoms with van der Waals surface area (Å²) in [5, 5.41) is 12.9. The van der Waals surface area contributed by atoms with E-state index in [1.54, 1.807) is 36.6 Å². The third-order valence-electron chi connectivity index (χ3n) is 3.17. The van der Waals surface area contributed by atoms with E-state index in [1.807, 2.05) is 16.0 Å². The molecule has 6 nitrogen and oxygen atoms in total. The lowest BCUT2D eigenvalue weighted by molar-refractivity contribution is -0.384. The van der Waals surface area contributed by atoms with E-state index >= 15 is 0 Å². The minimum absolute atomic E-state index is 0.0587. The Hall–Kier alpha value is -2.93. The van der Waals surface area contributed by atoms with Gasteiger partial charge in [-0.3, -0.25) is 10.1 Å². The molecule has 0 saturated heterocycles. The third-order valence-corrected chi connectivity index (χ3v) is 4.04. The first-order valence-electron chi connectivity index (χ1n) is 6.81. The molecule has 0 atom stereocenters. The number of furan rings is 1. The van der Waals surface area contributed by atoms with Crippen LogP contribution in [0.4, 0.5) is 11.6 Å². The number of allylic oxidation sites excluding steroid dienone is 1. The summed E-state index contributed by atoms with van der Waals surface area (Å²) in [7, 11) is 0. The number of benzene rings is 1. The molecule has 1 aromatic carbocycles. The van der Waals surface area contributed by atoms with Crippen LogP contribution in [0.3, 0.4) is 0 Å². The number of hydrogen-bond acceptors (Lipinski definition) is 5. The number of hydrogen-bond donors (Lipinski definition) is 0. The fourth-order valence-corrected chi connectivity index (χ4v) is 3.08. The molecule has 116 valence electrons. The molecule has 0 aliphatic heterocycles. The van der Waals surface area contributed by atoms with Crippen LogP contribution in [-0.4, -0.2) is 9.49 Å². The van der Waals surface area contributed by atoms with Gasteiger partial charge in [-0.15, -0.1) is 17.9 Å². The molecular formula is C16H13N3O3S. The van der Waals surface area contributed by atoms with Crippen LogP contribution in [0.5, 0.6) is 0 Å². The average molecular weight is 327 g/mol. The number of nitrogens with zero attached hydrogens (tertiary/aromatic N) is 3. The summed E-state index contributed by atoms with van der Waals surface area (Å²) in [5.74, 6) is 0.509. The van der Waals surface area contributed by atoms with Gasteiger partial charge in [0.05, 0.1) is 16.9 Å². The number of nitro benzene ring substituents is 1. The van der Waals surface area contributed by atoms with Gasteiger partial charge < -0.3 is 8.98 Å². The lowest BCUT2D eigenvalue weighted by Gasteiger charge is -2.06. The summed E-state index contributed by atoms with van der Waals surface area (Å²) >= 11 is 1.44. The zero-order chi connectivity index (χ0) is 16.2. The van der Waals surface area contributed by atoms with Gasteiger partial charge >= 0.3 is 0 Å². The zero-order valence-electron chi connectivity index (χ0n) is 12.1. The third kappa shape index (κ3) is 3.14. The Labute approximate surface area is 135 Å². The Bertz CT molecular complexity index is 907. The van der Waals surface area contributed by atoms with E-state index in [4.69, 9.17) is 4.42 Å². The van der Waals surface area contributed by atoms with Crippen LogP contribution in [-0.2, 0) is 6.54 Å². The van der Waals surface area contributed by atoms with Gasteiger partial charge in [-0.05, 0) is 6.07 Å². The van der Waals surface area contributed by atoms with Gasteiger partial charge in [-0.25, -0.2) is 0 Å². The molecule has 0 unspecified atom stereocenters. The van der Waals surface area contributed by atoms with E-state index in [-0.39, 0.29) is 5.69 Å². The van der Waals surface area contributed by atoms with Gasteiger partial charge in [0.25, 0.3) is 5.69 Å².